The van der Waals surface area contributed by atoms with E-state index in [0.29, 0.717) is 16.8 Å². The molecule has 4 rings (SSSR count). The van der Waals surface area contributed by atoms with Gasteiger partial charge in [0.25, 0.3) is 5.91 Å². The Morgan fingerprint density at radius 3 is 2.58 bits per heavy atom. The molecule has 3 aromatic rings. The zero-order valence-corrected chi connectivity index (χ0v) is 14.5. The first-order chi connectivity index (χ1) is 12.5. The molecule has 4 heteroatoms. The number of aryl methyl sites for hydroxylation is 1. The van der Waals surface area contributed by atoms with Crippen LogP contribution in [0.5, 0.6) is 0 Å². The number of anilines is 1. The molecule has 1 aliphatic heterocycles. The van der Waals surface area contributed by atoms with E-state index in [1.807, 2.05) is 43.3 Å². The first kappa shape index (κ1) is 16.5. The number of hydrogen-bond donors (Lipinski definition) is 2. The largest absolute Gasteiger partial charge is 0.375 e. The van der Waals surface area contributed by atoms with Gasteiger partial charge in [-0.15, -0.1) is 0 Å². The van der Waals surface area contributed by atoms with E-state index in [4.69, 9.17) is 0 Å². The normalized spacial score (nSPS) is 18.6. The highest BCUT2D eigenvalue weighted by molar-refractivity contribution is 6.10. The van der Waals surface area contributed by atoms with Gasteiger partial charge in [0.15, 0.2) is 11.4 Å². The highest BCUT2D eigenvalue weighted by atomic mass is 16.3. The van der Waals surface area contributed by atoms with Crippen molar-refractivity contribution in [2.45, 2.75) is 25.4 Å². The molecule has 0 fully saturated rings. The average Bonchev–Trinajstić information content (AvgIpc) is 2.91. The van der Waals surface area contributed by atoms with Crippen molar-refractivity contribution in [3.8, 4) is 0 Å². The number of benzene rings is 3. The number of fused-ring (bicyclic) bond motifs is 2. The summed E-state index contributed by atoms with van der Waals surface area (Å²) in [5, 5.41) is 15.7. The number of rotatable bonds is 4. The maximum atomic E-state index is 12.8. The minimum atomic E-state index is -1.83. The van der Waals surface area contributed by atoms with Gasteiger partial charge in [0, 0.05) is 16.8 Å². The molecule has 1 aliphatic rings. The van der Waals surface area contributed by atoms with Gasteiger partial charge in [-0.05, 0) is 34.9 Å². The van der Waals surface area contributed by atoms with Crippen LogP contribution in [0.4, 0.5) is 5.69 Å². The summed E-state index contributed by atoms with van der Waals surface area (Å²) in [6, 6.07) is 18.7. The number of aliphatic hydroxyl groups is 1. The highest BCUT2D eigenvalue weighted by Gasteiger charge is 2.46. The Bertz CT molecular complexity index is 1040. The Hall–Kier alpha value is -2.98. The average molecular weight is 345 g/mol. The van der Waals surface area contributed by atoms with E-state index in [1.165, 1.54) is 0 Å². The first-order valence-electron chi connectivity index (χ1n) is 8.70. The summed E-state index contributed by atoms with van der Waals surface area (Å²) in [4.78, 5) is 25.2. The standard InChI is InChI=1S/C22H19NO3/c1-2-14-7-10-19-18(11-14)22(26,21(25)23-19)13-20(24)17-9-8-15-5-3-4-6-16(15)12-17/h3-12,26H,2,13H2,1H3,(H,23,25)/t22-/m1/s1. The Labute approximate surface area is 151 Å². The number of amides is 1. The van der Waals surface area contributed by atoms with Crippen molar-refractivity contribution in [2.75, 3.05) is 5.32 Å². The predicted molar refractivity (Wildman–Crippen MR) is 101 cm³/mol. The first-order valence-corrected chi connectivity index (χ1v) is 8.70. The highest BCUT2D eigenvalue weighted by Crippen LogP contribution is 2.39. The minimum Gasteiger partial charge on any atom is -0.375 e. The fourth-order valence-corrected chi connectivity index (χ4v) is 3.48. The van der Waals surface area contributed by atoms with Crippen LogP contribution < -0.4 is 5.32 Å². The SMILES string of the molecule is CCc1ccc2c(c1)[C@](O)(CC(=O)c1ccc3ccccc3c1)C(=O)N2. The molecule has 4 nitrogen and oxygen atoms in total. The van der Waals surface area contributed by atoms with E-state index in [0.717, 1.165) is 22.8 Å². The Balaban J connectivity index is 1.69. The van der Waals surface area contributed by atoms with Crippen molar-refractivity contribution in [1.82, 2.24) is 0 Å². The smallest absolute Gasteiger partial charge is 0.261 e. The van der Waals surface area contributed by atoms with E-state index in [2.05, 4.69) is 5.32 Å². The Kier molecular flexibility index (Phi) is 3.85. The Morgan fingerprint density at radius 1 is 1.04 bits per heavy atom. The molecule has 0 saturated heterocycles. The third kappa shape index (κ3) is 2.59. The Morgan fingerprint density at radius 2 is 1.81 bits per heavy atom. The monoisotopic (exact) mass is 345 g/mol. The van der Waals surface area contributed by atoms with Gasteiger partial charge in [-0.25, -0.2) is 0 Å². The van der Waals surface area contributed by atoms with Crippen molar-refractivity contribution in [3.63, 3.8) is 0 Å². The molecular formula is C22H19NO3. The summed E-state index contributed by atoms with van der Waals surface area (Å²) in [6.45, 7) is 2.01. The van der Waals surface area contributed by atoms with E-state index in [-0.39, 0.29) is 12.2 Å². The molecule has 2 N–H and O–H groups in total. The van der Waals surface area contributed by atoms with Crippen LogP contribution in [0.15, 0.2) is 60.7 Å². The molecule has 26 heavy (non-hydrogen) atoms. The van der Waals surface area contributed by atoms with Crippen molar-refractivity contribution in [2.24, 2.45) is 0 Å². The van der Waals surface area contributed by atoms with Crippen molar-refractivity contribution in [3.05, 3.63) is 77.4 Å². The summed E-state index contributed by atoms with van der Waals surface area (Å²) in [5.74, 6) is -0.807. The lowest BCUT2D eigenvalue weighted by Crippen LogP contribution is -2.36. The van der Waals surface area contributed by atoms with Gasteiger partial charge in [-0.1, -0.05) is 55.5 Å². The molecule has 1 heterocycles. The molecule has 0 saturated carbocycles. The van der Waals surface area contributed by atoms with Crippen LogP contribution >= 0.6 is 0 Å². The fraction of sp³-hybridized carbons (Fsp3) is 0.182. The predicted octanol–water partition coefficient (Wildman–Crippen LogP) is 3.81. The van der Waals surface area contributed by atoms with Crippen LogP contribution in [0.25, 0.3) is 10.8 Å². The molecule has 0 aromatic heterocycles. The van der Waals surface area contributed by atoms with Gasteiger partial charge < -0.3 is 10.4 Å². The zero-order chi connectivity index (χ0) is 18.3. The second-order valence-electron chi connectivity index (χ2n) is 6.71. The lowest BCUT2D eigenvalue weighted by atomic mass is 9.87. The number of Topliss-reactive ketones (excluding diaryl/α,β-unsaturated/α-hetero) is 1. The van der Waals surface area contributed by atoms with Gasteiger partial charge in [0.2, 0.25) is 0 Å². The van der Waals surface area contributed by atoms with E-state index in [9.17, 15) is 14.7 Å². The third-order valence-electron chi connectivity index (χ3n) is 5.05. The number of carbonyl (C=O) groups excluding carboxylic acids is 2. The number of ketones is 1. The summed E-state index contributed by atoms with van der Waals surface area (Å²) in [5.41, 5.74) is 0.724. The van der Waals surface area contributed by atoms with E-state index >= 15 is 0 Å². The molecular weight excluding hydrogens is 326 g/mol. The minimum absolute atomic E-state index is 0.261. The number of nitrogens with one attached hydrogen (secondary N) is 1. The lowest BCUT2D eigenvalue weighted by molar-refractivity contribution is -0.133. The quantitative estimate of drug-likeness (QED) is 0.707. The zero-order valence-electron chi connectivity index (χ0n) is 14.5. The van der Waals surface area contributed by atoms with Crippen LogP contribution in [0.2, 0.25) is 0 Å². The topological polar surface area (TPSA) is 66.4 Å². The number of hydrogen-bond acceptors (Lipinski definition) is 3. The summed E-state index contributed by atoms with van der Waals surface area (Å²) < 4.78 is 0. The summed E-state index contributed by atoms with van der Waals surface area (Å²) in [6.07, 6.45) is 0.507. The molecule has 1 atom stereocenters. The molecule has 130 valence electrons. The second-order valence-corrected chi connectivity index (χ2v) is 6.71. The lowest BCUT2D eigenvalue weighted by Gasteiger charge is -2.20. The van der Waals surface area contributed by atoms with Crippen LogP contribution in [-0.4, -0.2) is 16.8 Å². The molecule has 0 unspecified atom stereocenters. The fourth-order valence-electron chi connectivity index (χ4n) is 3.48. The van der Waals surface area contributed by atoms with Crippen LogP contribution in [0.3, 0.4) is 0 Å². The van der Waals surface area contributed by atoms with Crippen LogP contribution in [0, 0.1) is 0 Å². The third-order valence-corrected chi connectivity index (χ3v) is 5.05. The van der Waals surface area contributed by atoms with Gasteiger partial charge in [0.1, 0.15) is 0 Å². The van der Waals surface area contributed by atoms with Crippen molar-refractivity contribution in [1.29, 1.82) is 0 Å². The number of carbonyl (C=O) groups is 2. The molecule has 0 aliphatic carbocycles. The van der Waals surface area contributed by atoms with Crippen molar-refractivity contribution >= 4 is 28.2 Å². The van der Waals surface area contributed by atoms with Gasteiger partial charge in [-0.2, -0.15) is 0 Å². The van der Waals surface area contributed by atoms with E-state index in [1.54, 1.807) is 24.3 Å². The van der Waals surface area contributed by atoms with Crippen molar-refractivity contribution < 1.29 is 14.7 Å². The molecule has 0 radical (unpaired) electrons. The van der Waals surface area contributed by atoms with Gasteiger partial charge >= 0.3 is 0 Å². The molecule has 3 aromatic carbocycles. The summed E-state index contributed by atoms with van der Waals surface area (Å²) >= 11 is 0. The molecule has 1 amide bonds. The summed E-state index contributed by atoms with van der Waals surface area (Å²) in [7, 11) is 0. The second kappa shape index (κ2) is 6.07. The van der Waals surface area contributed by atoms with Crippen LogP contribution in [-0.2, 0) is 16.8 Å². The van der Waals surface area contributed by atoms with Gasteiger partial charge in [0.05, 0.1) is 6.42 Å². The van der Waals surface area contributed by atoms with E-state index < -0.39 is 11.5 Å². The maximum absolute atomic E-state index is 12.8. The van der Waals surface area contributed by atoms with Gasteiger partial charge in [-0.3, -0.25) is 9.59 Å². The van der Waals surface area contributed by atoms with Crippen LogP contribution in [0.1, 0.15) is 34.8 Å². The maximum Gasteiger partial charge on any atom is 0.261 e. The molecule has 0 spiro atoms. The molecule has 0 bridgehead atoms.